The number of aliphatic hydroxyl groups is 1. The Balaban J connectivity index is 1.84. The van der Waals surface area contributed by atoms with E-state index in [9.17, 15) is 5.11 Å². The summed E-state index contributed by atoms with van der Waals surface area (Å²) in [4.78, 5) is 5.67. The van der Waals surface area contributed by atoms with Crippen molar-refractivity contribution in [2.45, 2.75) is 31.4 Å². The van der Waals surface area contributed by atoms with Crippen LogP contribution in [0.15, 0.2) is 23.8 Å². The zero-order valence-corrected chi connectivity index (χ0v) is 14.7. The molecule has 0 radical (unpaired) electrons. The highest BCUT2D eigenvalue weighted by Crippen LogP contribution is 2.46. The molecule has 1 saturated heterocycles. The van der Waals surface area contributed by atoms with Crippen molar-refractivity contribution >= 4 is 34.2 Å². The molecule has 0 aromatic carbocycles. The fourth-order valence-corrected chi connectivity index (χ4v) is 5.35. The van der Waals surface area contributed by atoms with Crippen LogP contribution in [0.1, 0.15) is 29.1 Å². The molecule has 1 fully saturated rings. The van der Waals surface area contributed by atoms with E-state index in [1.807, 2.05) is 12.4 Å². The first kappa shape index (κ1) is 14.2. The number of imidazole rings is 1. The van der Waals surface area contributed by atoms with Crippen molar-refractivity contribution in [2.24, 2.45) is 5.92 Å². The van der Waals surface area contributed by atoms with E-state index in [1.54, 1.807) is 11.3 Å². The first-order valence-corrected chi connectivity index (χ1v) is 9.25. The second-order valence-electron chi connectivity index (χ2n) is 5.92. The summed E-state index contributed by atoms with van der Waals surface area (Å²) < 4.78 is 4.46. The Labute approximate surface area is 142 Å². The van der Waals surface area contributed by atoms with Crippen LogP contribution in [0.25, 0.3) is 0 Å². The topological polar surface area (TPSA) is 41.3 Å². The van der Waals surface area contributed by atoms with E-state index in [1.165, 1.54) is 5.56 Å². The lowest BCUT2D eigenvalue weighted by Crippen LogP contribution is -2.43. The van der Waals surface area contributed by atoms with Crippen LogP contribution in [0.2, 0.25) is 0 Å². The van der Waals surface area contributed by atoms with E-state index in [2.05, 4.69) is 47.0 Å². The minimum atomic E-state index is -0.915. The number of aryl methyl sites for hydroxylation is 2. The predicted molar refractivity (Wildman–Crippen MR) is 91.6 cm³/mol. The van der Waals surface area contributed by atoms with Crippen molar-refractivity contribution < 1.29 is 5.11 Å². The predicted octanol–water partition coefficient (Wildman–Crippen LogP) is 2.80. The van der Waals surface area contributed by atoms with Gasteiger partial charge in [-0.2, -0.15) is 0 Å². The molecule has 4 heterocycles. The van der Waals surface area contributed by atoms with Crippen LogP contribution in [0.4, 0.5) is 0 Å². The Morgan fingerprint density at radius 1 is 1.33 bits per heavy atom. The zero-order valence-electron chi connectivity index (χ0n) is 11.7. The molecule has 0 saturated carbocycles. The normalized spacial score (nSPS) is 27.1. The largest absolute Gasteiger partial charge is 0.376 e. The van der Waals surface area contributed by atoms with Crippen molar-refractivity contribution in [1.82, 2.24) is 12.7 Å². The number of thiophene rings is 1. The van der Waals surface area contributed by atoms with Crippen molar-refractivity contribution in [1.29, 1.82) is 0 Å². The van der Waals surface area contributed by atoms with Gasteiger partial charge in [0, 0.05) is 65.7 Å². The van der Waals surface area contributed by atoms with Crippen LogP contribution in [0, 0.1) is 5.92 Å². The van der Waals surface area contributed by atoms with Crippen LogP contribution in [0.5, 0.6) is 0 Å². The summed E-state index contributed by atoms with van der Waals surface area (Å²) in [6, 6.07) is 2.17. The number of halogens is 1. The number of hydrogen-bond acceptors (Lipinski definition) is 4. The Bertz CT molecular complexity index is 603. The van der Waals surface area contributed by atoms with Gasteiger partial charge in [-0.1, -0.05) is 0 Å². The smallest absolute Gasteiger partial charge is 0.159 e. The van der Waals surface area contributed by atoms with E-state index in [0.29, 0.717) is 0 Å². The standard InChI is InChI=1S/C15H18IN3OS/c16-19-7-2-12(3-8-19)15(20)13-11(4-10-21-13)1-6-18-9-5-17-14(15)18/h4-5,9-10,12,20H,1-3,6-8H2. The molecule has 2 aromatic heterocycles. The Morgan fingerprint density at radius 3 is 2.95 bits per heavy atom. The Morgan fingerprint density at radius 2 is 2.14 bits per heavy atom. The molecule has 1 atom stereocenters. The molecular weight excluding hydrogens is 397 g/mol. The van der Waals surface area contributed by atoms with Crippen LogP contribution < -0.4 is 0 Å². The van der Waals surface area contributed by atoms with E-state index in [0.717, 1.165) is 49.6 Å². The average Bonchev–Trinajstić information content (AvgIpc) is 3.13. The SMILES string of the molecule is OC1(C2CCN(I)CC2)c2sccc2CCn2ccnc21. The van der Waals surface area contributed by atoms with E-state index in [4.69, 9.17) is 0 Å². The van der Waals surface area contributed by atoms with E-state index >= 15 is 0 Å². The van der Waals surface area contributed by atoms with Gasteiger partial charge in [-0.3, -0.25) is 0 Å². The molecule has 112 valence electrons. The summed E-state index contributed by atoms with van der Waals surface area (Å²) in [6.45, 7) is 2.98. The van der Waals surface area contributed by atoms with Crippen LogP contribution in [-0.4, -0.2) is 30.9 Å². The molecule has 2 aromatic rings. The molecule has 1 unspecified atom stereocenters. The second kappa shape index (κ2) is 5.33. The van der Waals surface area contributed by atoms with Crippen molar-refractivity contribution in [3.8, 4) is 0 Å². The lowest BCUT2D eigenvalue weighted by Gasteiger charge is -2.39. The van der Waals surface area contributed by atoms with Gasteiger partial charge in [0.1, 0.15) is 5.82 Å². The van der Waals surface area contributed by atoms with Gasteiger partial charge in [0.15, 0.2) is 5.60 Å². The van der Waals surface area contributed by atoms with Crippen LogP contribution >= 0.6 is 34.2 Å². The molecule has 4 rings (SSSR count). The quantitative estimate of drug-likeness (QED) is 0.576. The molecule has 0 spiro atoms. The summed E-state index contributed by atoms with van der Waals surface area (Å²) in [6.07, 6.45) is 6.85. The van der Waals surface area contributed by atoms with Crippen LogP contribution in [-0.2, 0) is 18.6 Å². The summed E-state index contributed by atoms with van der Waals surface area (Å²) in [5.41, 5.74) is 0.381. The molecule has 4 nitrogen and oxygen atoms in total. The monoisotopic (exact) mass is 415 g/mol. The average molecular weight is 415 g/mol. The first-order valence-electron chi connectivity index (χ1n) is 7.41. The molecular formula is C15H18IN3OS. The van der Waals surface area contributed by atoms with Crippen LogP contribution in [0.3, 0.4) is 0 Å². The number of hydrogen-bond donors (Lipinski definition) is 1. The van der Waals surface area contributed by atoms with Gasteiger partial charge in [-0.25, -0.2) is 8.10 Å². The minimum Gasteiger partial charge on any atom is -0.376 e. The van der Waals surface area contributed by atoms with Gasteiger partial charge in [0.05, 0.1) is 0 Å². The summed E-state index contributed by atoms with van der Waals surface area (Å²) in [7, 11) is 0. The fraction of sp³-hybridized carbons (Fsp3) is 0.533. The number of fused-ring (bicyclic) bond motifs is 2. The Hall–Kier alpha value is -0.440. The maximum absolute atomic E-state index is 11.8. The molecule has 0 bridgehead atoms. The van der Waals surface area contributed by atoms with E-state index < -0.39 is 5.60 Å². The Kier molecular flexibility index (Phi) is 3.60. The molecule has 2 aliphatic heterocycles. The van der Waals surface area contributed by atoms with Gasteiger partial charge in [0.25, 0.3) is 0 Å². The molecule has 21 heavy (non-hydrogen) atoms. The lowest BCUT2D eigenvalue weighted by molar-refractivity contribution is -0.00917. The van der Waals surface area contributed by atoms with Gasteiger partial charge in [-0.15, -0.1) is 11.3 Å². The highest BCUT2D eigenvalue weighted by atomic mass is 127. The second-order valence-corrected chi connectivity index (χ2v) is 8.20. The first-order chi connectivity index (χ1) is 10.2. The highest BCUT2D eigenvalue weighted by molar-refractivity contribution is 14.1. The van der Waals surface area contributed by atoms with Crippen molar-refractivity contribution in [2.75, 3.05) is 13.1 Å². The van der Waals surface area contributed by atoms with E-state index in [-0.39, 0.29) is 5.92 Å². The zero-order chi connectivity index (χ0) is 14.4. The minimum absolute atomic E-state index is 0.250. The summed E-state index contributed by atoms with van der Waals surface area (Å²) >= 11 is 4.07. The fourth-order valence-electron chi connectivity index (χ4n) is 3.67. The third-order valence-electron chi connectivity index (χ3n) is 4.80. The lowest BCUT2D eigenvalue weighted by atomic mass is 9.78. The van der Waals surface area contributed by atoms with Gasteiger partial charge >= 0.3 is 0 Å². The molecule has 0 amide bonds. The van der Waals surface area contributed by atoms with Gasteiger partial charge in [-0.05, 0) is 36.3 Å². The number of piperidine rings is 1. The number of aromatic nitrogens is 2. The molecule has 6 heteroatoms. The third-order valence-corrected chi connectivity index (χ3v) is 6.85. The third kappa shape index (κ3) is 2.18. The van der Waals surface area contributed by atoms with Gasteiger partial charge in [0.2, 0.25) is 0 Å². The molecule has 1 N–H and O–H groups in total. The summed E-state index contributed by atoms with van der Waals surface area (Å²) in [5.74, 6) is 1.09. The summed E-state index contributed by atoms with van der Waals surface area (Å²) in [5, 5.41) is 13.9. The molecule has 0 aliphatic carbocycles. The van der Waals surface area contributed by atoms with Gasteiger partial charge < -0.3 is 9.67 Å². The molecule has 2 aliphatic rings. The number of rotatable bonds is 1. The maximum Gasteiger partial charge on any atom is 0.159 e. The highest BCUT2D eigenvalue weighted by Gasteiger charge is 2.47. The van der Waals surface area contributed by atoms with Crippen molar-refractivity contribution in [3.05, 3.63) is 40.1 Å². The maximum atomic E-state index is 11.8. The van der Waals surface area contributed by atoms with Crippen molar-refractivity contribution in [3.63, 3.8) is 0 Å². The number of nitrogens with zero attached hydrogens (tertiary/aromatic N) is 3.